The van der Waals surface area contributed by atoms with Gasteiger partial charge in [-0.25, -0.2) is 8.78 Å². The van der Waals surface area contributed by atoms with Crippen LogP contribution in [0.2, 0.25) is 0 Å². The summed E-state index contributed by atoms with van der Waals surface area (Å²) in [6.45, 7) is 3.83. The summed E-state index contributed by atoms with van der Waals surface area (Å²) in [5.41, 5.74) is 2.74. The molecule has 0 aliphatic rings. The van der Waals surface area contributed by atoms with Crippen LogP contribution in [-0.4, -0.2) is 5.91 Å². The topological polar surface area (TPSA) is 29.1 Å². The van der Waals surface area contributed by atoms with E-state index in [9.17, 15) is 13.6 Å². The first-order valence-corrected chi connectivity index (χ1v) is 6.27. The molecule has 4 heteroatoms. The molecule has 0 spiro atoms. The van der Waals surface area contributed by atoms with Crippen molar-refractivity contribution in [3.63, 3.8) is 0 Å². The van der Waals surface area contributed by atoms with Crippen molar-refractivity contribution in [2.24, 2.45) is 0 Å². The van der Waals surface area contributed by atoms with Crippen LogP contribution in [0.1, 0.15) is 27.0 Å². The van der Waals surface area contributed by atoms with Crippen molar-refractivity contribution in [2.45, 2.75) is 20.4 Å². The van der Waals surface area contributed by atoms with Gasteiger partial charge in [0.15, 0.2) is 0 Å². The quantitative estimate of drug-likeness (QED) is 0.912. The number of carbonyl (C=O) groups excluding carboxylic acids is 1. The average Bonchev–Trinajstić information content (AvgIpc) is 2.42. The highest BCUT2D eigenvalue weighted by Crippen LogP contribution is 2.12. The number of hydrogen-bond donors (Lipinski definition) is 1. The van der Waals surface area contributed by atoms with Crippen LogP contribution in [0.15, 0.2) is 36.4 Å². The van der Waals surface area contributed by atoms with Gasteiger partial charge in [0.25, 0.3) is 5.91 Å². The van der Waals surface area contributed by atoms with Gasteiger partial charge in [-0.1, -0.05) is 6.07 Å². The van der Waals surface area contributed by atoms with Gasteiger partial charge in [-0.05, 0) is 55.3 Å². The van der Waals surface area contributed by atoms with Crippen LogP contribution in [0.25, 0.3) is 0 Å². The van der Waals surface area contributed by atoms with Gasteiger partial charge in [0, 0.05) is 17.7 Å². The predicted molar refractivity (Wildman–Crippen MR) is 73.4 cm³/mol. The summed E-state index contributed by atoms with van der Waals surface area (Å²) in [5.74, 6) is -1.37. The fraction of sp³-hybridized carbons (Fsp3) is 0.188. The predicted octanol–water partition coefficient (Wildman–Crippen LogP) is 3.51. The van der Waals surface area contributed by atoms with Crippen LogP contribution in [0.5, 0.6) is 0 Å². The molecule has 1 N–H and O–H groups in total. The summed E-state index contributed by atoms with van der Waals surface area (Å²) in [6, 6.07) is 8.51. The number of aryl methyl sites for hydroxylation is 2. The third-order valence-electron chi connectivity index (χ3n) is 3.22. The third kappa shape index (κ3) is 3.20. The molecule has 0 atom stereocenters. The molecule has 0 fully saturated rings. The SMILES string of the molecule is Cc1ccc(C(=O)NCc2cc(F)ccc2F)cc1C. The number of benzene rings is 2. The van der Waals surface area contributed by atoms with Gasteiger partial charge < -0.3 is 5.32 Å². The first-order chi connectivity index (χ1) is 9.47. The number of amides is 1. The Morgan fingerprint density at radius 3 is 2.50 bits per heavy atom. The largest absolute Gasteiger partial charge is 0.348 e. The molecular formula is C16H15F2NO. The van der Waals surface area contributed by atoms with Gasteiger partial charge in [0.05, 0.1) is 0 Å². The summed E-state index contributed by atoms with van der Waals surface area (Å²) in [7, 11) is 0. The lowest BCUT2D eigenvalue weighted by Crippen LogP contribution is -2.23. The van der Waals surface area contributed by atoms with Crippen molar-refractivity contribution in [2.75, 3.05) is 0 Å². The summed E-state index contributed by atoms with van der Waals surface area (Å²) in [6.07, 6.45) is 0. The fourth-order valence-corrected chi connectivity index (χ4v) is 1.84. The molecule has 0 aliphatic carbocycles. The van der Waals surface area contributed by atoms with Crippen LogP contribution in [0.3, 0.4) is 0 Å². The number of carbonyl (C=O) groups is 1. The Morgan fingerprint density at radius 1 is 1.05 bits per heavy atom. The highest BCUT2D eigenvalue weighted by molar-refractivity contribution is 5.94. The molecule has 0 saturated carbocycles. The Kier molecular flexibility index (Phi) is 4.13. The van der Waals surface area contributed by atoms with E-state index in [1.165, 1.54) is 0 Å². The third-order valence-corrected chi connectivity index (χ3v) is 3.22. The van der Waals surface area contributed by atoms with E-state index in [1.807, 2.05) is 19.9 Å². The highest BCUT2D eigenvalue weighted by atomic mass is 19.1. The summed E-state index contributed by atoms with van der Waals surface area (Å²) in [5, 5.41) is 2.58. The van der Waals surface area contributed by atoms with Crippen LogP contribution in [0.4, 0.5) is 8.78 Å². The van der Waals surface area contributed by atoms with Crippen LogP contribution in [0, 0.1) is 25.5 Å². The van der Waals surface area contributed by atoms with E-state index in [1.54, 1.807) is 12.1 Å². The first kappa shape index (κ1) is 14.2. The minimum atomic E-state index is -0.535. The van der Waals surface area contributed by atoms with E-state index in [4.69, 9.17) is 0 Å². The van der Waals surface area contributed by atoms with Crippen LogP contribution in [-0.2, 0) is 6.54 Å². The molecule has 0 unspecified atom stereocenters. The molecule has 0 bridgehead atoms. The monoisotopic (exact) mass is 275 g/mol. The number of rotatable bonds is 3. The minimum absolute atomic E-state index is 0.0463. The zero-order chi connectivity index (χ0) is 14.7. The number of nitrogens with one attached hydrogen (secondary N) is 1. The zero-order valence-corrected chi connectivity index (χ0v) is 11.3. The second-order valence-electron chi connectivity index (χ2n) is 4.72. The maximum Gasteiger partial charge on any atom is 0.251 e. The molecular weight excluding hydrogens is 260 g/mol. The van der Waals surface area contributed by atoms with E-state index in [0.717, 1.165) is 29.3 Å². The van der Waals surface area contributed by atoms with E-state index >= 15 is 0 Å². The molecule has 20 heavy (non-hydrogen) atoms. The molecule has 0 radical (unpaired) electrons. The lowest BCUT2D eigenvalue weighted by molar-refractivity contribution is 0.0950. The molecule has 1 amide bonds. The molecule has 0 heterocycles. The van der Waals surface area contributed by atoms with Crippen LogP contribution >= 0.6 is 0 Å². The van der Waals surface area contributed by atoms with Gasteiger partial charge in [0.2, 0.25) is 0 Å². The molecule has 104 valence electrons. The van der Waals surface area contributed by atoms with Crippen molar-refractivity contribution >= 4 is 5.91 Å². The molecule has 2 aromatic carbocycles. The fourth-order valence-electron chi connectivity index (χ4n) is 1.84. The molecule has 2 rings (SSSR count). The van der Waals surface area contributed by atoms with Crippen molar-refractivity contribution < 1.29 is 13.6 Å². The Bertz CT molecular complexity index is 653. The molecule has 0 aromatic heterocycles. The maximum atomic E-state index is 13.4. The van der Waals surface area contributed by atoms with Gasteiger partial charge >= 0.3 is 0 Å². The van der Waals surface area contributed by atoms with Gasteiger partial charge in [-0.2, -0.15) is 0 Å². The smallest absolute Gasteiger partial charge is 0.251 e. The van der Waals surface area contributed by atoms with Crippen molar-refractivity contribution in [3.05, 3.63) is 70.3 Å². The van der Waals surface area contributed by atoms with Gasteiger partial charge in [0.1, 0.15) is 11.6 Å². The average molecular weight is 275 g/mol. The summed E-state index contributed by atoms with van der Waals surface area (Å²) < 4.78 is 26.4. The Morgan fingerprint density at radius 2 is 1.80 bits per heavy atom. The zero-order valence-electron chi connectivity index (χ0n) is 11.3. The van der Waals surface area contributed by atoms with Crippen molar-refractivity contribution in [3.8, 4) is 0 Å². The normalized spacial score (nSPS) is 10.4. The Hall–Kier alpha value is -2.23. The van der Waals surface area contributed by atoms with E-state index < -0.39 is 11.6 Å². The van der Waals surface area contributed by atoms with E-state index in [2.05, 4.69) is 5.32 Å². The Balaban J connectivity index is 2.08. The van der Waals surface area contributed by atoms with Crippen molar-refractivity contribution in [1.82, 2.24) is 5.32 Å². The second-order valence-corrected chi connectivity index (χ2v) is 4.72. The molecule has 2 aromatic rings. The molecule has 0 saturated heterocycles. The Labute approximate surface area is 116 Å². The number of hydrogen-bond acceptors (Lipinski definition) is 1. The summed E-state index contributed by atoms with van der Waals surface area (Å²) in [4.78, 5) is 12.0. The molecule has 2 nitrogen and oxygen atoms in total. The maximum absolute atomic E-state index is 13.4. The lowest BCUT2D eigenvalue weighted by Gasteiger charge is -2.08. The standard InChI is InChI=1S/C16H15F2NO/c1-10-3-4-12(7-11(10)2)16(20)19-9-13-8-14(17)5-6-15(13)18/h3-8H,9H2,1-2H3,(H,19,20). The van der Waals surface area contributed by atoms with Crippen molar-refractivity contribution in [1.29, 1.82) is 0 Å². The second kappa shape index (κ2) is 5.82. The number of halogens is 2. The van der Waals surface area contributed by atoms with E-state index in [-0.39, 0.29) is 18.0 Å². The first-order valence-electron chi connectivity index (χ1n) is 6.27. The van der Waals surface area contributed by atoms with Gasteiger partial charge in [-0.15, -0.1) is 0 Å². The van der Waals surface area contributed by atoms with Crippen LogP contribution < -0.4 is 5.32 Å². The van der Waals surface area contributed by atoms with E-state index in [0.29, 0.717) is 5.56 Å². The molecule has 0 aliphatic heterocycles. The summed E-state index contributed by atoms with van der Waals surface area (Å²) >= 11 is 0. The lowest BCUT2D eigenvalue weighted by atomic mass is 10.1. The van der Waals surface area contributed by atoms with Gasteiger partial charge in [-0.3, -0.25) is 4.79 Å². The minimum Gasteiger partial charge on any atom is -0.348 e. The highest BCUT2D eigenvalue weighted by Gasteiger charge is 2.09.